The Balaban J connectivity index is 2.04. The molecule has 0 aromatic carbocycles. The van der Waals surface area contributed by atoms with Crippen molar-refractivity contribution in [3.05, 3.63) is 0 Å². The average molecular weight is 280 g/mol. The molecule has 0 aromatic rings. The van der Waals surface area contributed by atoms with Gasteiger partial charge in [0.05, 0.1) is 0 Å². The van der Waals surface area contributed by atoms with E-state index in [0.29, 0.717) is 0 Å². The number of likely N-dealkylation sites (tertiary alicyclic amines) is 1. The van der Waals surface area contributed by atoms with Gasteiger partial charge in [0, 0.05) is 29.7 Å². The van der Waals surface area contributed by atoms with Gasteiger partial charge in [-0.15, -0.1) is 0 Å². The first-order valence-electron chi connectivity index (χ1n) is 6.21. The largest absolute Gasteiger partial charge is 0.338 e. The molecule has 1 amide bonds. The molecule has 6 heteroatoms. The Morgan fingerprint density at radius 3 is 2.18 bits per heavy atom. The zero-order chi connectivity index (χ0) is 12.5. The minimum absolute atomic E-state index is 0.0499. The Morgan fingerprint density at radius 1 is 1.12 bits per heavy atom. The predicted octanol–water partition coefficient (Wildman–Crippen LogP) is 1.88. The Morgan fingerprint density at radius 2 is 1.71 bits per heavy atom. The number of carbonyl (C=O) groups excluding carboxylic acids is 1. The Labute approximate surface area is 107 Å². The highest BCUT2D eigenvalue weighted by molar-refractivity contribution is 8.14. The number of nitrogens with zero attached hydrogens (tertiary/aromatic N) is 1. The Hall–Kier alpha value is -0.290. The lowest BCUT2D eigenvalue weighted by Gasteiger charge is -2.26. The molecular weight excluding hydrogens is 262 g/mol. The van der Waals surface area contributed by atoms with Crippen LogP contribution in [-0.4, -0.2) is 37.1 Å². The van der Waals surface area contributed by atoms with Crippen molar-refractivity contribution in [1.82, 2.24) is 4.90 Å². The van der Waals surface area contributed by atoms with Gasteiger partial charge in [0.15, 0.2) is 0 Å². The fourth-order valence-electron chi connectivity index (χ4n) is 2.81. The van der Waals surface area contributed by atoms with Crippen molar-refractivity contribution in [3.8, 4) is 0 Å². The fraction of sp³-hybridized carbons (Fsp3) is 0.909. The highest BCUT2D eigenvalue weighted by Crippen LogP contribution is 2.28. The van der Waals surface area contributed by atoms with E-state index in [1.165, 1.54) is 12.8 Å². The standard InChI is InChI=1S/C11H18ClNO3S/c12-17(15,16)10-7-11(14)13(8-10)9-5-3-1-2-4-6-9/h9-10H,1-8H2. The van der Waals surface area contributed by atoms with Gasteiger partial charge in [-0.2, -0.15) is 0 Å². The number of halogens is 1. The van der Waals surface area contributed by atoms with Crippen molar-refractivity contribution < 1.29 is 13.2 Å². The molecule has 98 valence electrons. The van der Waals surface area contributed by atoms with Gasteiger partial charge in [-0.3, -0.25) is 4.79 Å². The molecule has 0 N–H and O–H groups in total. The normalized spacial score (nSPS) is 28.4. The van der Waals surface area contributed by atoms with E-state index in [9.17, 15) is 13.2 Å². The molecule has 1 saturated carbocycles. The molecule has 0 radical (unpaired) electrons. The van der Waals surface area contributed by atoms with Gasteiger partial charge in [0.1, 0.15) is 5.25 Å². The monoisotopic (exact) mass is 279 g/mol. The third kappa shape index (κ3) is 3.13. The molecule has 4 nitrogen and oxygen atoms in total. The third-order valence-corrected chi connectivity index (χ3v) is 5.65. The van der Waals surface area contributed by atoms with Crippen LogP contribution in [0.4, 0.5) is 0 Å². The van der Waals surface area contributed by atoms with Crippen LogP contribution in [-0.2, 0) is 13.8 Å². The van der Waals surface area contributed by atoms with Crippen LogP contribution in [0.3, 0.4) is 0 Å². The molecule has 2 fully saturated rings. The first-order valence-corrected chi connectivity index (χ1v) is 8.58. The predicted molar refractivity (Wildman–Crippen MR) is 66.4 cm³/mol. The summed E-state index contributed by atoms with van der Waals surface area (Å²) >= 11 is 0. The minimum atomic E-state index is -3.61. The van der Waals surface area contributed by atoms with E-state index in [-0.39, 0.29) is 24.9 Å². The molecule has 17 heavy (non-hydrogen) atoms. The zero-order valence-electron chi connectivity index (χ0n) is 9.77. The van der Waals surface area contributed by atoms with E-state index in [1.54, 1.807) is 4.90 Å². The number of amides is 1. The summed E-state index contributed by atoms with van der Waals surface area (Å²) in [4.78, 5) is 13.6. The molecule has 1 aliphatic carbocycles. The van der Waals surface area contributed by atoms with E-state index >= 15 is 0 Å². The Bertz CT molecular complexity index is 388. The van der Waals surface area contributed by atoms with E-state index in [0.717, 1.165) is 25.7 Å². The molecule has 1 aliphatic heterocycles. The maximum Gasteiger partial charge on any atom is 0.237 e. The van der Waals surface area contributed by atoms with Crippen molar-refractivity contribution in [2.75, 3.05) is 6.54 Å². The summed E-state index contributed by atoms with van der Waals surface area (Å²) in [5.41, 5.74) is 0. The van der Waals surface area contributed by atoms with E-state index in [4.69, 9.17) is 10.7 Å². The van der Waals surface area contributed by atoms with Gasteiger partial charge in [0.25, 0.3) is 0 Å². The average Bonchev–Trinajstić information content (AvgIpc) is 2.50. The maximum absolute atomic E-state index is 11.8. The summed E-state index contributed by atoms with van der Waals surface area (Å²) in [6.45, 7) is 0.287. The lowest BCUT2D eigenvalue weighted by Crippen LogP contribution is -2.37. The van der Waals surface area contributed by atoms with Crippen LogP contribution in [0, 0.1) is 0 Å². The lowest BCUT2D eigenvalue weighted by molar-refractivity contribution is -0.129. The van der Waals surface area contributed by atoms with Crippen LogP contribution in [0.15, 0.2) is 0 Å². The third-order valence-electron chi connectivity index (χ3n) is 3.79. The van der Waals surface area contributed by atoms with Crippen LogP contribution < -0.4 is 0 Å². The zero-order valence-corrected chi connectivity index (χ0v) is 11.3. The number of hydrogen-bond donors (Lipinski definition) is 0. The number of hydrogen-bond acceptors (Lipinski definition) is 3. The number of rotatable bonds is 2. The van der Waals surface area contributed by atoms with Gasteiger partial charge in [-0.25, -0.2) is 8.42 Å². The summed E-state index contributed by atoms with van der Waals surface area (Å²) in [7, 11) is 1.73. The second-order valence-electron chi connectivity index (χ2n) is 4.99. The van der Waals surface area contributed by atoms with Crippen molar-refractivity contribution >= 4 is 25.6 Å². The molecule has 2 aliphatic rings. The molecule has 1 saturated heterocycles. The molecule has 1 heterocycles. The summed E-state index contributed by atoms with van der Waals surface area (Å²) in [6, 6.07) is 0.230. The quantitative estimate of drug-likeness (QED) is 0.573. The smallest absolute Gasteiger partial charge is 0.237 e. The highest BCUT2D eigenvalue weighted by atomic mass is 35.7. The molecule has 0 bridgehead atoms. The van der Waals surface area contributed by atoms with Crippen LogP contribution >= 0.6 is 10.7 Å². The summed E-state index contributed by atoms with van der Waals surface area (Å²) < 4.78 is 22.5. The minimum Gasteiger partial charge on any atom is -0.338 e. The topological polar surface area (TPSA) is 54.5 Å². The summed E-state index contributed by atoms with van der Waals surface area (Å²) in [5, 5.41) is -0.708. The first kappa shape index (κ1) is 13.1. The second kappa shape index (κ2) is 5.14. The van der Waals surface area contributed by atoms with E-state index in [1.807, 2.05) is 0 Å². The lowest BCUT2D eigenvalue weighted by atomic mass is 10.1. The second-order valence-corrected chi connectivity index (χ2v) is 7.90. The van der Waals surface area contributed by atoms with Crippen molar-refractivity contribution in [2.24, 2.45) is 0 Å². The van der Waals surface area contributed by atoms with E-state index < -0.39 is 14.3 Å². The number of carbonyl (C=O) groups is 1. The van der Waals surface area contributed by atoms with Gasteiger partial charge in [-0.05, 0) is 12.8 Å². The first-order chi connectivity index (χ1) is 7.98. The fourth-order valence-corrected chi connectivity index (χ4v) is 3.85. The van der Waals surface area contributed by atoms with Gasteiger partial charge in [-0.1, -0.05) is 25.7 Å². The maximum atomic E-state index is 11.8. The van der Waals surface area contributed by atoms with Gasteiger partial charge < -0.3 is 4.90 Å². The van der Waals surface area contributed by atoms with Crippen molar-refractivity contribution in [3.63, 3.8) is 0 Å². The summed E-state index contributed by atoms with van der Waals surface area (Å²) in [6.07, 6.45) is 6.76. The van der Waals surface area contributed by atoms with Crippen LogP contribution in [0.2, 0.25) is 0 Å². The molecular formula is C11H18ClNO3S. The SMILES string of the molecule is O=C1CC(S(=O)(=O)Cl)CN1C1CCCCCC1. The molecule has 1 atom stereocenters. The molecule has 2 rings (SSSR count). The summed E-state index contributed by atoms with van der Waals surface area (Å²) in [5.74, 6) is -0.0499. The van der Waals surface area contributed by atoms with Crippen LogP contribution in [0.5, 0.6) is 0 Å². The highest BCUT2D eigenvalue weighted by Gasteiger charge is 2.40. The molecule has 0 aromatic heterocycles. The van der Waals surface area contributed by atoms with Crippen LogP contribution in [0.25, 0.3) is 0 Å². The van der Waals surface area contributed by atoms with Crippen LogP contribution in [0.1, 0.15) is 44.9 Å². The molecule has 1 unspecified atom stereocenters. The van der Waals surface area contributed by atoms with Crippen molar-refractivity contribution in [1.29, 1.82) is 0 Å². The molecule has 0 spiro atoms. The van der Waals surface area contributed by atoms with E-state index in [2.05, 4.69) is 0 Å². The van der Waals surface area contributed by atoms with Gasteiger partial charge in [0.2, 0.25) is 15.0 Å². The Kier molecular flexibility index (Phi) is 3.98. The van der Waals surface area contributed by atoms with Gasteiger partial charge >= 0.3 is 0 Å². The van der Waals surface area contributed by atoms with Crippen molar-refractivity contribution in [2.45, 2.75) is 56.2 Å².